The number of aliphatic hydroxyl groups is 2. The van der Waals surface area contributed by atoms with Gasteiger partial charge in [-0.2, -0.15) is 0 Å². The second kappa shape index (κ2) is 6.69. The molecule has 0 bridgehead atoms. The van der Waals surface area contributed by atoms with Crippen molar-refractivity contribution in [3.05, 3.63) is 0 Å². The predicted octanol–water partition coefficient (Wildman–Crippen LogP) is 0.524. The summed E-state index contributed by atoms with van der Waals surface area (Å²) in [5.74, 6) is 1.12. The van der Waals surface area contributed by atoms with Crippen molar-refractivity contribution >= 4 is 0 Å². The molecule has 0 aromatic rings. The number of hydrogen-bond donors (Lipinski definition) is 3. The van der Waals surface area contributed by atoms with Crippen LogP contribution in [0.15, 0.2) is 0 Å². The maximum Gasteiger partial charge on any atom is 0.0897 e. The summed E-state index contributed by atoms with van der Waals surface area (Å²) < 4.78 is 5.42. The maximum atomic E-state index is 9.67. The standard InChI is InChI=1S/C13H25NO3/c15-12(9-17-8-10-4-5-10)7-14-6-11-2-1-3-13(11)16/h10-16H,1-9H2. The second-order valence-corrected chi connectivity index (χ2v) is 5.55. The van der Waals surface area contributed by atoms with Gasteiger partial charge in [0.2, 0.25) is 0 Å². The van der Waals surface area contributed by atoms with Crippen molar-refractivity contribution in [2.45, 2.75) is 44.3 Å². The lowest BCUT2D eigenvalue weighted by Gasteiger charge is -2.17. The normalized spacial score (nSPS) is 30.7. The van der Waals surface area contributed by atoms with E-state index in [1.807, 2.05) is 0 Å². The quantitative estimate of drug-likeness (QED) is 0.582. The van der Waals surface area contributed by atoms with Crippen LogP contribution in [0.5, 0.6) is 0 Å². The largest absolute Gasteiger partial charge is 0.393 e. The summed E-state index contributed by atoms with van der Waals surface area (Å²) in [6, 6.07) is 0. The fourth-order valence-corrected chi connectivity index (χ4v) is 2.40. The molecule has 4 nitrogen and oxygen atoms in total. The van der Waals surface area contributed by atoms with Gasteiger partial charge in [-0.15, -0.1) is 0 Å². The highest BCUT2D eigenvalue weighted by Gasteiger charge is 2.25. The molecule has 0 radical (unpaired) electrons. The van der Waals surface area contributed by atoms with E-state index in [0.29, 0.717) is 19.1 Å². The highest BCUT2D eigenvalue weighted by atomic mass is 16.5. The first-order chi connectivity index (χ1) is 8.25. The van der Waals surface area contributed by atoms with Gasteiger partial charge >= 0.3 is 0 Å². The van der Waals surface area contributed by atoms with Gasteiger partial charge in [0.05, 0.1) is 18.8 Å². The lowest BCUT2D eigenvalue weighted by atomic mass is 10.1. The molecule has 4 heteroatoms. The Hall–Kier alpha value is -0.160. The van der Waals surface area contributed by atoms with Crippen LogP contribution >= 0.6 is 0 Å². The minimum absolute atomic E-state index is 0.147. The molecule has 0 aromatic carbocycles. The van der Waals surface area contributed by atoms with Crippen LogP contribution in [0.2, 0.25) is 0 Å². The minimum atomic E-state index is -0.424. The highest BCUT2D eigenvalue weighted by molar-refractivity contribution is 4.78. The summed E-state index contributed by atoms with van der Waals surface area (Å²) in [5.41, 5.74) is 0. The van der Waals surface area contributed by atoms with Gasteiger partial charge in [-0.3, -0.25) is 0 Å². The van der Waals surface area contributed by atoms with E-state index < -0.39 is 6.10 Å². The number of ether oxygens (including phenoxy) is 1. The predicted molar refractivity (Wildman–Crippen MR) is 65.8 cm³/mol. The first kappa shape index (κ1) is 13.3. The van der Waals surface area contributed by atoms with Crippen LogP contribution < -0.4 is 5.32 Å². The van der Waals surface area contributed by atoms with Crippen LogP contribution in [-0.4, -0.2) is 48.7 Å². The van der Waals surface area contributed by atoms with Crippen LogP contribution in [0.1, 0.15) is 32.1 Å². The Balaban J connectivity index is 1.45. The number of nitrogens with one attached hydrogen (secondary N) is 1. The molecule has 3 N–H and O–H groups in total. The highest BCUT2D eigenvalue weighted by Crippen LogP contribution is 2.28. The Kier molecular flexibility index (Phi) is 5.22. The van der Waals surface area contributed by atoms with Crippen LogP contribution in [-0.2, 0) is 4.74 Å². The van der Waals surface area contributed by atoms with Gasteiger partial charge in [0.1, 0.15) is 0 Å². The molecule has 0 amide bonds. The van der Waals surface area contributed by atoms with Crippen molar-refractivity contribution in [3.8, 4) is 0 Å². The van der Waals surface area contributed by atoms with Gasteiger partial charge in [-0.1, -0.05) is 6.42 Å². The topological polar surface area (TPSA) is 61.7 Å². The maximum absolute atomic E-state index is 9.67. The van der Waals surface area contributed by atoms with E-state index in [2.05, 4.69) is 5.32 Å². The second-order valence-electron chi connectivity index (χ2n) is 5.55. The summed E-state index contributed by atoms with van der Waals surface area (Å²) >= 11 is 0. The molecule has 0 spiro atoms. The monoisotopic (exact) mass is 243 g/mol. The van der Waals surface area contributed by atoms with E-state index in [1.54, 1.807) is 0 Å². The summed E-state index contributed by atoms with van der Waals surface area (Å²) in [4.78, 5) is 0. The Bertz CT molecular complexity index is 221. The van der Waals surface area contributed by atoms with Gasteiger partial charge in [-0.05, 0) is 37.5 Å². The van der Waals surface area contributed by atoms with Crippen molar-refractivity contribution < 1.29 is 14.9 Å². The molecule has 2 aliphatic carbocycles. The summed E-state index contributed by atoms with van der Waals surface area (Å²) in [7, 11) is 0. The zero-order chi connectivity index (χ0) is 12.1. The molecule has 3 unspecified atom stereocenters. The van der Waals surface area contributed by atoms with Gasteiger partial charge in [0.15, 0.2) is 0 Å². The lowest BCUT2D eigenvalue weighted by Crippen LogP contribution is -2.35. The summed E-state index contributed by atoms with van der Waals surface area (Å²) in [6.45, 7) is 2.60. The molecule has 0 aliphatic heterocycles. The molecule has 17 heavy (non-hydrogen) atoms. The van der Waals surface area contributed by atoms with Crippen molar-refractivity contribution in [1.29, 1.82) is 0 Å². The Morgan fingerprint density at radius 2 is 2.06 bits per heavy atom. The number of hydrogen-bond acceptors (Lipinski definition) is 4. The molecular weight excluding hydrogens is 218 g/mol. The van der Waals surface area contributed by atoms with Crippen molar-refractivity contribution in [3.63, 3.8) is 0 Å². The van der Waals surface area contributed by atoms with Crippen LogP contribution in [0.25, 0.3) is 0 Å². The number of rotatable bonds is 8. The minimum Gasteiger partial charge on any atom is -0.393 e. The van der Waals surface area contributed by atoms with Gasteiger partial charge in [0, 0.05) is 19.7 Å². The van der Waals surface area contributed by atoms with Crippen molar-refractivity contribution in [2.24, 2.45) is 11.8 Å². The van der Waals surface area contributed by atoms with Crippen LogP contribution in [0, 0.1) is 11.8 Å². The molecule has 2 rings (SSSR count). The van der Waals surface area contributed by atoms with E-state index in [-0.39, 0.29) is 6.10 Å². The number of aliphatic hydroxyl groups excluding tert-OH is 2. The van der Waals surface area contributed by atoms with Crippen molar-refractivity contribution in [1.82, 2.24) is 5.32 Å². The third-order valence-corrected chi connectivity index (χ3v) is 3.77. The summed E-state index contributed by atoms with van der Waals surface area (Å²) in [6.07, 6.45) is 5.16. The van der Waals surface area contributed by atoms with Crippen LogP contribution in [0.4, 0.5) is 0 Å². The molecule has 2 saturated carbocycles. The third-order valence-electron chi connectivity index (χ3n) is 3.77. The zero-order valence-corrected chi connectivity index (χ0v) is 10.5. The van der Waals surface area contributed by atoms with Gasteiger partial charge in [0.25, 0.3) is 0 Å². The fraction of sp³-hybridized carbons (Fsp3) is 1.00. The van der Waals surface area contributed by atoms with Crippen LogP contribution in [0.3, 0.4) is 0 Å². The smallest absolute Gasteiger partial charge is 0.0897 e. The average Bonchev–Trinajstić information content (AvgIpc) is 3.03. The molecule has 100 valence electrons. The SMILES string of the molecule is OC(CNCC1CCCC1O)COCC1CC1. The molecule has 0 aromatic heterocycles. The molecular formula is C13H25NO3. The van der Waals surface area contributed by atoms with E-state index in [4.69, 9.17) is 4.74 Å². The van der Waals surface area contributed by atoms with Crippen molar-refractivity contribution in [2.75, 3.05) is 26.3 Å². The summed E-state index contributed by atoms with van der Waals surface area (Å²) in [5, 5.41) is 22.5. The Labute approximate surface area is 103 Å². The van der Waals surface area contributed by atoms with Gasteiger partial charge < -0.3 is 20.3 Å². The van der Waals surface area contributed by atoms with E-state index in [9.17, 15) is 10.2 Å². The van der Waals surface area contributed by atoms with E-state index in [1.165, 1.54) is 12.8 Å². The lowest BCUT2D eigenvalue weighted by molar-refractivity contribution is 0.0312. The fourth-order valence-electron chi connectivity index (χ4n) is 2.40. The molecule has 3 atom stereocenters. The molecule has 0 heterocycles. The zero-order valence-electron chi connectivity index (χ0n) is 10.5. The average molecular weight is 243 g/mol. The molecule has 2 fully saturated rings. The Morgan fingerprint density at radius 3 is 2.71 bits per heavy atom. The molecule has 2 aliphatic rings. The molecule has 0 saturated heterocycles. The van der Waals surface area contributed by atoms with E-state index >= 15 is 0 Å². The first-order valence-corrected chi connectivity index (χ1v) is 6.90. The Morgan fingerprint density at radius 1 is 1.24 bits per heavy atom. The third kappa shape index (κ3) is 4.92. The first-order valence-electron chi connectivity index (χ1n) is 6.90. The van der Waals surface area contributed by atoms with E-state index in [0.717, 1.165) is 38.3 Å². The van der Waals surface area contributed by atoms with Gasteiger partial charge in [-0.25, -0.2) is 0 Å².